The van der Waals surface area contributed by atoms with Gasteiger partial charge in [0, 0.05) is 0 Å². The predicted octanol–water partition coefficient (Wildman–Crippen LogP) is -0.132. The van der Waals surface area contributed by atoms with Crippen molar-refractivity contribution in [1.29, 1.82) is 5.26 Å². The largest absolute Gasteiger partial charge is 0.325 e. The van der Waals surface area contributed by atoms with Crippen molar-refractivity contribution < 1.29 is 12.7 Å². The average Bonchev–Trinajstić information content (AvgIpc) is 2.60. The minimum Gasteiger partial charge on any atom is -0.267 e. The van der Waals surface area contributed by atoms with Crippen LogP contribution in [0.3, 0.4) is 0 Å². The lowest BCUT2D eigenvalue weighted by molar-refractivity contribution is 0.344. The lowest BCUT2D eigenvalue weighted by atomic mass is 10.4. The van der Waals surface area contributed by atoms with E-state index in [1.807, 2.05) is 24.3 Å². The van der Waals surface area contributed by atoms with Crippen molar-refractivity contribution in [1.82, 2.24) is 4.98 Å². The second-order valence-corrected chi connectivity index (χ2v) is 6.22. The number of oxime groups is 1. The molecule has 1 aliphatic rings. The summed E-state index contributed by atoms with van der Waals surface area (Å²) in [6, 6.07) is 1.78. The van der Waals surface area contributed by atoms with Gasteiger partial charge in [0.1, 0.15) is 6.07 Å². The zero-order valence-electron chi connectivity index (χ0n) is 9.90. The third-order valence-corrected chi connectivity index (χ3v) is 3.47. The Morgan fingerprint density at radius 1 is 1.63 bits per heavy atom. The van der Waals surface area contributed by atoms with Gasteiger partial charge in [-0.25, -0.2) is 4.98 Å². The van der Waals surface area contributed by atoms with Gasteiger partial charge >= 0.3 is 10.1 Å². The van der Waals surface area contributed by atoms with Crippen LogP contribution in [0.15, 0.2) is 17.3 Å². The number of nitrogens with zero attached hydrogens (tertiary/aromatic N) is 3. The van der Waals surface area contributed by atoms with Crippen LogP contribution in [0.1, 0.15) is 11.4 Å². The van der Waals surface area contributed by atoms with Crippen LogP contribution in [-0.2, 0) is 14.4 Å². The molecule has 0 aliphatic heterocycles. The molecule has 0 amide bonds. The zero-order valence-corrected chi connectivity index (χ0v) is 11.5. The van der Waals surface area contributed by atoms with Crippen LogP contribution in [0.25, 0.3) is 12.2 Å². The fourth-order valence-corrected chi connectivity index (χ4v) is 2.46. The molecule has 0 spiro atoms. The van der Waals surface area contributed by atoms with E-state index in [4.69, 9.17) is 5.26 Å². The Balaban J connectivity index is 2.45. The van der Waals surface area contributed by atoms with Crippen LogP contribution in [0.5, 0.6) is 0 Å². The number of allylic oxidation sites excluding steroid dienone is 2. The van der Waals surface area contributed by atoms with Gasteiger partial charge in [0.15, 0.2) is 5.01 Å². The first-order valence-electron chi connectivity index (χ1n) is 5.20. The Kier molecular flexibility index (Phi) is 3.78. The Labute approximate surface area is 113 Å². The second kappa shape index (κ2) is 5.34. The summed E-state index contributed by atoms with van der Waals surface area (Å²) in [5.41, 5.74) is -0.158. The molecule has 1 aromatic heterocycles. The molecule has 0 aromatic carbocycles. The highest BCUT2D eigenvalue weighted by atomic mass is 32.2. The number of hydrogen-bond acceptors (Lipinski definition) is 7. The maximum atomic E-state index is 10.8. The third kappa shape index (κ3) is 3.49. The van der Waals surface area contributed by atoms with Gasteiger partial charge in [0.25, 0.3) is 0 Å². The van der Waals surface area contributed by atoms with Gasteiger partial charge in [-0.1, -0.05) is 23.4 Å². The molecule has 6 nitrogen and oxygen atoms in total. The summed E-state index contributed by atoms with van der Waals surface area (Å²) >= 11 is 1.25. The summed E-state index contributed by atoms with van der Waals surface area (Å²) < 4.78 is 26.8. The highest BCUT2D eigenvalue weighted by Gasteiger charge is 2.11. The van der Waals surface area contributed by atoms with Crippen LogP contribution < -0.4 is 9.88 Å². The molecule has 1 aliphatic carbocycles. The molecule has 0 atom stereocenters. The van der Waals surface area contributed by atoms with Crippen LogP contribution in [-0.4, -0.2) is 25.4 Å². The van der Waals surface area contributed by atoms with Crippen LogP contribution in [0.4, 0.5) is 0 Å². The molecule has 8 heteroatoms. The zero-order chi connectivity index (χ0) is 13.9. The van der Waals surface area contributed by atoms with Crippen molar-refractivity contribution in [2.24, 2.45) is 5.16 Å². The number of hydrogen-bond donors (Lipinski definition) is 0. The molecule has 0 bridgehead atoms. The summed E-state index contributed by atoms with van der Waals surface area (Å²) in [5.74, 6) is 0. The number of nitriles is 1. The van der Waals surface area contributed by atoms with Gasteiger partial charge in [0.2, 0.25) is 5.71 Å². The van der Waals surface area contributed by atoms with Crippen molar-refractivity contribution in [3.05, 3.63) is 27.0 Å². The number of aromatic nitrogens is 1. The smallest absolute Gasteiger partial charge is 0.267 e. The van der Waals surface area contributed by atoms with E-state index in [0.29, 0.717) is 5.01 Å². The van der Waals surface area contributed by atoms with Gasteiger partial charge < -0.3 is 0 Å². The lowest BCUT2D eigenvalue weighted by Crippen LogP contribution is -2.19. The molecule has 0 N–H and O–H groups in total. The Morgan fingerprint density at radius 2 is 2.42 bits per heavy atom. The Bertz CT molecular complexity index is 810. The van der Waals surface area contributed by atoms with Crippen LogP contribution in [0, 0.1) is 11.3 Å². The first-order chi connectivity index (χ1) is 8.99. The molecule has 2 rings (SSSR count). The van der Waals surface area contributed by atoms with E-state index in [-0.39, 0.29) is 5.71 Å². The summed E-state index contributed by atoms with van der Waals surface area (Å²) in [6.45, 7) is 0. The van der Waals surface area contributed by atoms with Gasteiger partial charge in [-0.05, 0) is 12.5 Å². The number of rotatable bonds is 3. The Morgan fingerprint density at radius 3 is 3.11 bits per heavy atom. The molecule has 0 radical (unpaired) electrons. The lowest BCUT2D eigenvalue weighted by Gasteiger charge is -1.93. The van der Waals surface area contributed by atoms with Gasteiger partial charge in [0.05, 0.1) is 16.1 Å². The molecule has 98 valence electrons. The number of fused-ring (bicyclic) bond motifs is 1. The fourth-order valence-electron chi connectivity index (χ4n) is 1.34. The molecule has 0 saturated heterocycles. The second-order valence-electron chi connectivity index (χ2n) is 3.63. The fraction of sp³-hybridized carbons (Fsp3) is 0.182. The van der Waals surface area contributed by atoms with Crippen molar-refractivity contribution in [3.63, 3.8) is 0 Å². The molecule has 1 heterocycles. The van der Waals surface area contributed by atoms with Gasteiger partial charge in [-0.15, -0.1) is 11.3 Å². The molecular formula is C11H9N3O3S2. The van der Waals surface area contributed by atoms with Crippen molar-refractivity contribution in [2.45, 2.75) is 6.42 Å². The summed E-state index contributed by atoms with van der Waals surface area (Å²) in [6.07, 6.45) is 9.30. The summed E-state index contributed by atoms with van der Waals surface area (Å²) in [5, 5.41) is 13.4. The minimum atomic E-state index is -3.73. The number of thiazole rings is 1. The van der Waals surface area contributed by atoms with E-state index in [0.717, 1.165) is 22.6 Å². The maximum absolute atomic E-state index is 10.8. The van der Waals surface area contributed by atoms with Crippen molar-refractivity contribution >= 4 is 39.3 Å². The van der Waals surface area contributed by atoms with E-state index in [1.165, 1.54) is 11.3 Å². The standard InChI is InChI=1S/C11H9N3O3S2/c1-19(15,16)17-14-9(7-12)11-13-8-5-3-2-4-6-10(8)18-11/h2,4-6H,3H2,1H3/b14-9+. The quantitative estimate of drug-likeness (QED) is 0.572. The van der Waals surface area contributed by atoms with E-state index < -0.39 is 10.1 Å². The summed E-state index contributed by atoms with van der Waals surface area (Å²) in [4.78, 5) is 4.25. The Hall–Kier alpha value is -1.98. The van der Waals surface area contributed by atoms with Crippen LogP contribution >= 0.6 is 11.3 Å². The predicted molar refractivity (Wildman–Crippen MR) is 72.1 cm³/mol. The molecule has 0 fully saturated rings. The van der Waals surface area contributed by atoms with Gasteiger partial charge in [-0.3, -0.25) is 4.28 Å². The average molecular weight is 295 g/mol. The highest BCUT2D eigenvalue weighted by molar-refractivity contribution is 7.85. The highest BCUT2D eigenvalue weighted by Crippen LogP contribution is 2.02. The molecule has 19 heavy (non-hydrogen) atoms. The molecular weight excluding hydrogens is 286 g/mol. The maximum Gasteiger partial charge on any atom is 0.325 e. The van der Waals surface area contributed by atoms with Crippen LogP contribution in [0.2, 0.25) is 0 Å². The van der Waals surface area contributed by atoms with Crippen molar-refractivity contribution in [3.8, 4) is 6.07 Å². The van der Waals surface area contributed by atoms with E-state index >= 15 is 0 Å². The van der Waals surface area contributed by atoms with Crippen molar-refractivity contribution in [2.75, 3.05) is 6.26 Å². The minimum absolute atomic E-state index is 0.158. The van der Waals surface area contributed by atoms with E-state index in [2.05, 4.69) is 14.4 Å². The molecule has 1 aromatic rings. The first-order valence-corrected chi connectivity index (χ1v) is 7.84. The monoisotopic (exact) mass is 295 g/mol. The molecule has 0 saturated carbocycles. The summed E-state index contributed by atoms with van der Waals surface area (Å²) in [7, 11) is -3.73. The van der Waals surface area contributed by atoms with E-state index in [1.54, 1.807) is 6.07 Å². The SMILES string of the molecule is CS(=O)(=O)O/N=C(\C#N)c1nc2c(s1)=CC=CCC=2. The molecule has 0 unspecified atom stereocenters. The first kappa shape index (κ1) is 13.5. The van der Waals surface area contributed by atoms with Gasteiger partial charge in [-0.2, -0.15) is 13.7 Å². The third-order valence-electron chi connectivity index (χ3n) is 2.08. The van der Waals surface area contributed by atoms with E-state index in [9.17, 15) is 8.42 Å². The topological polar surface area (TPSA) is 92.4 Å². The normalized spacial score (nSPS) is 14.6.